The van der Waals surface area contributed by atoms with Gasteiger partial charge in [0.1, 0.15) is 5.69 Å². The van der Waals surface area contributed by atoms with E-state index in [2.05, 4.69) is 0 Å². The summed E-state index contributed by atoms with van der Waals surface area (Å²) < 4.78 is 13.4. The number of nitrogens with two attached hydrogens (primary N) is 1. The summed E-state index contributed by atoms with van der Waals surface area (Å²) in [6.45, 7) is 1.87. The Morgan fingerprint density at radius 2 is 1.74 bits per heavy atom. The van der Waals surface area contributed by atoms with Crippen LogP contribution in [0.3, 0.4) is 0 Å². The summed E-state index contributed by atoms with van der Waals surface area (Å²) in [7, 11) is 0. The van der Waals surface area contributed by atoms with Crippen molar-refractivity contribution in [2.24, 2.45) is 0 Å². The molecule has 19 heavy (non-hydrogen) atoms. The highest BCUT2D eigenvalue weighted by Crippen LogP contribution is 2.36. The summed E-state index contributed by atoms with van der Waals surface area (Å²) in [5.74, 6) is -3.10. The van der Waals surface area contributed by atoms with E-state index in [0.717, 1.165) is 11.6 Å². The van der Waals surface area contributed by atoms with Gasteiger partial charge in [-0.2, -0.15) is 0 Å². The fourth-order valence-electron chi connectivity index (χ4n) is 1.68. The first-order valence-corrected chi connectivity index (χ1v) is 5.53. The van der Waals surface area contributed by atoms with E-state index in [-0.39, 0.29) is 5.56 Å². The number of halogens is 1. The zero-order valence-corrected chi connectivity index (χ0v) is 10.1. The molecule has 0 radical (unpaired) electrons. The van der Waals surface area contributed by atoms with Crippen LogP contribution in [-0.2, 0) is 0 Å². The van der Waals surface area contributed by atoms with E-state index in [9.17, 15) is 19.4 Å². The summed E-state index contributed by atoms with van der Waals surface area (Å²) in [5, 5.41) is 18.9. The monoisotopic (exact) mass is 261 g/mol. The van der Waals surface area contributed by atoms with E-state index in [1.807, 2.05) is 6.92 Å². The number of hydrogen-bond donors (Lipinski definition) is 3. The van der Waals surface area contributed by atoms with Gasteiger partial charge < -0.3 is 15.9 Å². The van der Waals surface area contributed by atoms with Crippen molar-refractivity contribution in [1.29, 1.82) is 0 Å². The third kappa shape index (κ3) is 2.22. The van der Waals surface area contributed by atoms with Gasteiger partial charge in [0, 0.05) is 5.56 Å². The lowest BCUT2D eigenvalue weighted by Crippen LogP contribution is -2.04. The zero-order chi connectivity index (χ0) is 14.2. The molecule has 0 fully saturated rings. The van der Waals surface area contributed by atoms with Crippen molar-refractivity contribution in [3.05, 3.63) is 52.8 Å². The van der Waals surface area contributed by atoms with Crippen LogP contribution < -0.4 is 5.73 Å². The highest BCUT2D eigenvalue weighted by Gasteiger charge is 2.20. The molecular formula is C14H12FNO3. The number of aryl methyl sites for hydroxylation is 1. The fraction of sp³-hybridized carbons (Fsp3) is 0.0714. The molecule has 0 aromatic heterocycles. The fourth-order valence-corrected chi connectivity index (χ4v) is 1.68. The van der Waals surface area contributed by atoms with Gasteiger partial charge in [-0.15, -0.1) is 0 Å². The minimum atomic E-state index is -1.05. The first-order chi connectivity index (χ1) is 8.91. The molecule has 0 heterocycles. The van der Waals surface area contributed by atoms with Crippen LogP contribution in [0.25, 0.3) is 0 Å². The molecule has 0 aliphatic heterocycles. The molecule has 98 valence electrons. The normalized spacial score (nSPS) is 10.4. The number of carbonyl (C=O) groups is 1. The van der Waals surface area contributed by atoms with Gasteiger partial charge in [-0.05, 0) is 13.0 Å². The molecule has 0 aliphatic carbocycles. The number of carbonyl (C=O) groups excluding carboxylic acids is 1. The molecule has 0 saturated carbocycles. The van der Waals surface area contributed by atoms with Crippen LogP contribution in [-0.4, -0.2) is 16.0 Å². The molecule has 0 saturated heterocycles. The van der Waals surface area contributed by atoms with Gasteiger partial charge in [0.05, 0.1) is 5.56 Å². The summed E-state index contributed by atoms with van der Waals surface area (Å²) in [4.78, 5) is 12.1. The van der Waals surface area contributed by atoms with Crippen molar-refractivity contribution in [1.82, 2.24) is 0 Å². The summed E-state index contributed by atoms with van der Waals surface area (Å²) in [6, 6.07) is 7.36. The number of hydrogen-bond acceptors (Lipinski definition) is 4. The van der Waals surface area contributed by atoms with Crippen LogP contribution in [0.1, 0.15) is 21.5 Å². The summed E-state index contributed by atoms with van der Waals surface area (Å²) in [5.41, 5.74) is 5.77. The molecule has 5 heteroatoms. The van der Waals surface area contributed by atoms with Crippen LogP contribution in [0.2, 0.25) is 0 Å². The number of benzene rings is 2. The Kier molecular flexibility index (Phi) is 3.12. The van der Waals surface area contributed by atoms with Gasteiger partial charge in [0.2, 0.25) is 0 Å². The number of phenolic OH excluding ortho intramolecular Hbond substituents is 2. The number of rotatable bonds is 2. The second-order valence-electron chi connectivity index (χ2n) is 4.21. The van der Waals surface area contributed by atoms with E-state index < -0.39 is 28.8 Å². The molecule has 0 atom stereocenters. The number of nitrogen functional groups attached to an aromatic ring is 1. The van der Waals surface area contributed by atoms with Crippen molar-refractivity contribution in [2.45, 2.75) is 6.92 Å². The van der Waals surface area contributed by atoms with Crippen molar-refractivity contribution in [3.63, 3.8) is 0 Å². The van der Waals surface area contributed by atoms with E-state index in [1.165, 1.54) is 0 Å². The maximum absolute atomic E-state index is 13.4. The Balaban J connectivity index is 2.53. The van der Waals surface area contributed by atoms with Gasteiger partial charge in [0.25, 0.3) is 0 Å². The van der Waals surface area contributed by atoms with Crippen molar-refractivity contribution < 1.29 is 19.4 Å². The Bertz CT molecular complexity index is 651. The van der Waals surface area contributed by atoms with Gasteiger partial charge in [-0.25, -0.2) is 4.39 Å². The predicted octanol–water partition coefficient (Wildman–Crippen LogP) is 2.36. The Morgan fingerprint density at radius 1 is 1.16 bits per heavy atom. The summed E-state index contributed by atoms with van der Waals surface area (Å²) >= 11 is 0. The zero-order valence-electron chi connectivity index (χ0n) is 10.1. The van der Waals surface area contributed by atoms with Crippen LogP contribution in [0.5, 0.6) is 11.5 Å². The standard InChI is InChI=1S/C14H12FNO3/c1-7-2-4-8(5-3-7)12(17)9-6-10(15)14(19)11(16)13(9)18/h2-6,18-19H,16H2,1H3. The minimum absolute atomic E-state index is 0.281. The lowest BCUT2D eigenvalue weighted by Gasteiger charge is -2.09. The van der Waals surface area contributed by atoms with Crippen LogP contribution in [0, 0.1) is 12.7 Å². The van der Waals surface area contributed by atoms with Crippen LogP contribution in [0.4, 0.5) is 10.1 Å². The molecule has 2 aromatic rings. The first kappa shape index (κ1) is 12.9. The van der Waals surface area contributed by atoms with Crippen LogP contribution in [0.15, 0.2) is 30.3 Å². The highest BCUT2D eigenvalue weighted by atomic mass is 19.1. The van der Waals surface area contributed by atoms with Crippen LogP contribution >= 0.6 is 0 Å². The lowest BCUT2D eigenvalue weighted by molar-refractivity contribution is 0.103. The van der Waals surface area contributed by atoms with E-state index >= 15 is 0 Å². The average Bonchev–Trinajstić information content (AvgIpc) is 2.40. The van der Waals surface area contributed by atoms with Crippen molar-refractivity contribution in [2.75, 3.05) is 5.73 Å². The second-order valence-corrected chi connectivity index (χ2v) is 4.21. The van der Waals surface area contributed by atoms with Crippen molar-refractivity contribution >= 4 is 11.5 Å². The smallest absolute Gasteiger partial charge is 0.196 e. The van der Waals surface area contributed by atoms with E-state index in [1.54, 1.807) is 24.3 Å². The molecule has 0 spiro atoms. The number of ketones is 1. The largest absolute Gasteiger partial charge is 0.505 e. The Labute approximate surface area is 108 Å². The minimum Gasteiger partial charge on any atom is -0.505 e. The van der Waals surface area contributed by atoms with Gasteiger partial charge in [0.15, 0.2) is 23.1 Å². The van der Waals surface area contributed by atoms with Gasteiger partial charge in [-0.3, -0.25) is 4.79 Å². The molecule has 0 aliphatic rings. The molecule has 4 N–H and O–H groups in total. The average molecular weight is 261 g/mol. The first-order valence-electron chi connectivity index (χ1n) is 5.53. The molecule has 0 bridgehead atoms. The lowest BCUT2D eigenvalue weighted by atomic mass is 10.0. The Morgan fingerprint density at radius 3 is 2.32 bits per heavy atom. The molecule has 0 unspecified atom stereocenters. The maximum Gasteiger partial charge on any atom is 0.196 e. The summed E-state index contributed by atoms with van der Waals surface area (Å²) in [6.07, 6.45) is 0. The van der Waals surface area contributed by atoms with E-state index in [0.29, 0.717) is 5.56 Å². The van der Waals surface area contributed by atoms with Gasteiger partial charge in [-0.1, -0.05) is 29.8 Å². The Hall–Kier alpha value is -2.56. The van der Waals surface area contributed by atoms with Gasteiger partial charge >= 0.3 is 0 Å². The molecule has 4 nitrogen and oxygen atoms in total. The highest BCUT2D eigenvalue weighted by molar-refractivity contribution is 6.11. The predicted molar refractivity (Wildman–Crippen MR) is 68.8 cm³/mol. The molecule has 2 aromatic carbocycles. The third-order valence-corrected chi connectivity index (χ3v) is 2.82. The number of aromatic hydroxyl groups is 2. The topological polar surface area (TPSA) is 83.5 Å². The number of anilines is 1. The van der Waals surface area contributed by atoms with E-state index in [4.69, 9.17) is 5.73 Å². The molecular weight excluding hydrogens is 249 g/mol. The quantitative estimate of drug-likeness (QED) is 0.440. The number of phenols is 2. The molecule has 0 amide bonds. The molecule has 2 rings (SSSR count). The third-order valence-electron chi connectivity index (χ3n) is 2.82. The second kappa shape index (κ2) is 4.61. The van der Waals surface area contributed by atoms with Crippen molar-refractivity contribution in [3.8, 4) is 11.5 Å². The maximum atomic E-state index is 13.4. The SMILES string of the molecule is Cc1ccc(C(=O)c2cc(F)c(O)c(N)c2O)cc1.